The van der Waals surface area contributed by atoms with E-state index >= 15 is 0 Å². The Morgan fingerprint density at radius 2 is 1.86 bits per heavy atom. The maximum Gasteiger partial charge on any atom is 0.261 e. The van der Waals surface area contributed by atoms with Crippen LogP contribution in [0.25, 0.3) is 0 Å². The Balaban J connectivity index is 1.73. The molecule has 0 radical (unpaired) electrons. The number of carbonyl (C=O) groups is 1. The van der Waals surface area contributed by atoms with Gasteiger partial charge < -0.3 is 10.1 Å². The number of nitrogens with one attached hydrogen (secondary N) is 1. The first-order valence-electron chi connectivity index (χ1n) is 9.20. The van der Waals surface area contributed by atoms with E-state index in [0.717, 1.165) is 16.9 Å². The molecule has 0 aliphatic heterocycles. The molecule has 1 N–H and O–H groups in total. The normalized spacial score (nSPS) is 12.6. The third kappa shape index (κ3) is 4.79. The molecule has 0 unspecified atom stereocenters. The van der Waals surface area contributed by atoms with Crippen LogP contribution in [0, 0.1) is 11.3 Å². The van der Waals surface area contributed by atoms with Crippen LogP contribution < -0.4 is 10.1 Å². The van der Waals surface area contributed by atoms with Gasteiger partial charge in [-0.3, -0.25) is 4.79 Å². The molecule has 142 valence electrons. The van der Waals surface area contributed by atoms with Crippen LogP contribution in [0.15, 0.2) is 66.0 Å². The summed E-state index contributed by atoms with van der Waals surface area (Å²) in [4.78, 5) is 13.9. The van der Waals surface area contributed by atoms with Crippen molar-refractivity contribution in [1.29, 1.82) is 5.26 Å². The van der Waals surface area contributed by atoms with E-state index in [1.165, 1.54) is 5.56 Å². The molecule has 1 heterocycles. The summed E-state index contributed by atoms with van der Waals surface area (Å²) < 4.78 is 5.75. The molecular weight excluding hydrogens is 368 g/mol. The van der Waals surface area contributed by atoms with Crippen molar-refractivity contribution < 1.29 is 9.53 Å². The average Bonchev–Trinajstić information content (AvgIpc) is 3.27. The Morgan fingerprint density at radius 3 is 2.43 bits per heavy atom. The molecule has 0 spiro atoms. The smallest absolute Gasteiger partial charge is 0.261 e. The SMILES string of the molecule is CCc1ccc([C@@H](NC(=O)[C@H](C)Oc2ccc(C#N)cc2)c2cccs2)cc1. The lowest BCUT2D eigenvalue weighted by Crippen LogP contribution is -2.38. The molecule has 0 bridgehead atoms. The fourth-order valence-corrected chi connectivity index (χ4v) is 3.65. The molecule has 28 heavy (non-hydrogen) atoms. The predicted molar refractivity (Wildman–Crippen MR) is 111 cm³/mol. The minimum atomic E-state index is -0.662. The second-order valence-electron chi connectivity index (χ2n) is 6.45. The fourth-order valence-electron chi connectivity index (χ4n) is 2.85. The zero-order valence-electron chi connectivity index (χ0n) is 15.9. The number of nitriles is 1. The van der Waals surface area contributed by atoms with E-state index in [1.807, 2.05) is 17.5 Å². The number of amides is 1. The molecule has 2 aromatic carbocycles. The first-order chi connectivity index (χ1) is 13.6. The van der Waals surface area contributed by atoms with Gasteiger partial charge in [-0.25, -0.2) is 0 Å². The standard InChI is InChI=1S/C23H22N2O2S/c1-3-17-6-10-19(11-7-17)22(21-5-4-14-28-21)25-23(26)16(2)27-20-12-8-18(15-24)9-13-20/h4-14,16,22H,3H2,1-2H3,(H,25,26)/t16-,22+/m0/s1. The summed E-state index contributed by atoms with van der Waals surface area (Å²) in [7, 11) is 0. The van der Waals surface area contributed by atoms with Crippen molar-refractivity contribution >= 4 is 17.2 Å². The van der Waals surface area contributed by atoms with Gasteiger partial charge in [-0.1, -0.05) is 37.3 Å². The number of ether oxygens (including phenoxy) is 1. The number of aryl methyl sites for hydroxylation is 1. The van der Waals surface area contributed by atoms with Gasteiger partial charge in [0.15, 0.2) is 6.10 Å². The maximum absolute atomic E-state index is 12.8. The number of rotatable bonds is 7. The largest absolute Gasteiger partial charge is 0.481 e. The van der Waals surface area contributed by atoms with Crippen LogP contribution in [0.5, 0.6) is 5.75 Å². The van der Waals surface area contributed by atoms with Crippen molar-refractivity contribution in [2.75, 3.05) is 0 Å². The number of benzene rings is 2. The van der Waals surface area contributed by atoms with E-state index in [-0.39, 0.29) is 11.9 Å². The van der Waals surface area contributed by atoms with E-state index in [9.17, 15) is 4.79 Å². The zero-order chi connectivity index (χ0) is 19.9. The molecular formula is C23H22N2O2S. The van der Waals surface area contributed by atoms with E-state index in [4.69, 9.17) is 10.00 Å². The Kier molecular flexibility index (Phi) is 6.46. The van der Waals surface area contributed by atoms with Crippen LogP contribution in [0.1, 0.15) is 41.5 Å². The average molecular weight is 391 g/mol. The van der Waals surface area contributed by atoms with Crippen molar-refractivity contribution in [3.8, 4) is 11.8 Å². The third-order valence-electron chi connectivity index (χ3n) is 4.50. The van der Waals surface area contributed by atoms with Gasteiger partial charge >= 0.3 is 0 Å². The lowest BCUT2D eigenvalue weighted by Gasteiger charge is -2.21. The van der Waals surface area contributed by atoms with Gasteiger partial charge in [0.2, 0.25) is 0 Å². The molecule has 1 amide bonds. The highest BCUT2D eigenvalue weighted by Gasteiger charge is 2.22. The van der Waals surface area contributed by atoms with Crippen LogP contribution in [0.2, 0.25) is 0 Å². The summed E-state index contributed by atoms with van der Waals surface area (Å²) >= 11 is 1.61. The number of thiophene rings is 1. The van der Waals surface area contributed by atoms with Gasteiger partial charge in [-0.05, 0) is 60.2 Å². The van der Waals surface area contributed by atoms with Gasteiger partial charge in [-0.2, -0.15) is 5.26 Å². The van der Waals surface area contributed by atoms with Crippen LogP contribution in [-0.4, -0.2) is 12.0 Å². The number of nitrogens with zero attached hydrogens (tertiary/aromatic N) is 1. The second kappa shape index (κ2) is 9.20. The van der Waals surface area contributed by atoms with E-state index in [1.54, 1.807) is 42.5 Å². The Hall–Kier alpha value is -3.10. The van der Waals surface area contributed by atoms with Crippen LogP contribution in [-0.2, 0) is 11.2 Å². The highest BCUT2D eigenvalue weighted by Crippen LogP contribution is 2.27. The second-order valence-corrected chi connectivity index (χ2v) is 7.43. The Labute approximate surface area is 169 Å². The third-order valence-corrected chi connectivity index (χ3v) is 5.44. The van der Waals surface area contributed by atoms with Crippen molar-refractivity contribution in [2.45, 2.75) is 32.4 Å². The van der Waals surface area contributed by atoms with Crippen molar-refractivity contribution in [3.05, 3.63) is 87.6 Å². The summed E-state index contributed by atoms with van der Waals surface area (Å²) in [6.07, 6.45) is 0.316. The molecule has 0 aliphatic carbocycles. The lowest BCUT2D eigenvalue weighted by atomic mass is 10.0. The topological polar surface area (TPSA) is 62.1 Å². The highest BCUT2D eigenvalue weighted by molar-refractivity contribution is 7.10. The summed E-state index contributed by atoms with van der Waals surface area (Å²) in [6.45, 7) is 3.84. The van der Waals surface area contributed by atoms with Gasteiger partial charge in [0.05, 0.1) is 17.7 Å². The first-order valence-corrected chi connectivity index (χ1v) is 10.1. The van der Waals surface area contributed by atoms with E-state index in [0.29, 0.717) is 11.3 Å². The molecule has 3 aromatic rings. The van der Waals surface area contributed by atoms with Crippen molar-refractivity contribution in [3.63, 3.8) is 0 Å². The Bertz CT molecular complexity index is 942. The van der Waals surface area contributed by atoms with Gasteiger partial charge in [0.1, 0.15) is 5.75 Å². The van der Waals surface area contributed by atoms with E-state index < -0.39 is 6.10 Å². The molecule has 2 atom stereocenters. The quantitative estimate of drug-likeness (QED) is 0.627. The predicted octanol–water partition coefficient (Wildman–Crippen LogP) is 4.86. The number of hydrogen-bond acceptors (Lipinski definition) is 4. The van der Waals surface area contributed by atoms with Gasteiger partial charge in [0.25, 0.3) is 5.91 Å². The molecule has 0 fully saturated rings. The van der Waals surface area contributed by atoms with Crippen molar-refractivity contribution in [2.24, 2.45) is 0 Å². The molecule has 4 nitrogen and oxygen atoms in total. The highest BCUT2D eigenvalue weighted by atomic mass is 32.1. The van der Waals surface area contributed by atoms with Crippen molar-refractivity contribution in [1.82, 2.24) is 5.32 Å². The summed E-state index contributed by atoms with van der Waals surface area (Å²) in [6, 6.07) is 20.9. The zero-order valence-corrected chi connectivity index (χ0v) is 16.7. The minimum absolute atomic E-state index is 0.192. The molecule has 3 rings (SSSR count). The summed E-state index contributed by atoms with van der Waals surface area (Å²) in [5.41, 5.74) is 2.86. The van der Waals surface area contributed by atoms with Crippen LogP contribution in [0.3, 0.4) is 0 Å². The van der Waals surface area contributed by atoms with Crippen LogP contribution in [0.4, 0.5) is 0 Å². The summed E-state index contributed by atoms with van der Waals surface area (Å²) in [5, 5.41) is 14.0. The first kappa shape index (κ1) is 19.7. The molecule has 1 aromatic heterocycles. The van der Waals surface area contributed by atoms with E-state index in [2.05, 4.69) is 42.6 Å². The molecule has 0 saturated carbocycles. The van der Waals surface area contributed by atoms with Gasteiger partial charge in [-0.15, -0.1) is 11.3 Å². The number of hydrogen-bond donors (Lipinski definition) is 1. The number of carbonyl (C=O) groups excluding carboxylic acids is 1. The molecule has 0 aliphatic rings. The minimum Gasteiger partial charge on any atom is -0.481 e. The lowest BCUT2D eigenvalue weighted by molar-refractivity contribution is -0.127. The molecule has 0 saturated heterocycles. The maximum atomic E-state index is 12.8. The monoisotopic (exact) mass is 390 g/mol. The Morgan fingerprint density at radius 1 is 1.14 bits per heavy atom. The fraction of sp³-hybridized carbons (Fsp3) is 0.217. The van der Waals surface area contributed by atoms with Crippen LogP contribution >= 0.6 is 11.3 Å². The summed E-state index contributed by atoms with van der Waals surface area (Å²) in [5.74, 6) is 0.365. The van der Waals surface area contributed by atoms with Gasteiger partial charge in [0, 0.05) is 4.88 Å². The molecule has 5 heteroatoms.